The summed E-state index contributed by atoms with van der Waals surface area (Å²) in [5.41, 5.74) is 3.54. The van der Waals surface area contributed by atoms with E-state index in [1.165, 1.54) is 21.5 Å². The average Bonchev–Trinajstić information content (AvgIpc) is 2.92. The molecule has 0 bridgehead atoms. The predicted octanol–water partition coefficient (Wildman–Crippen LogP) is 0.421. The van der Waals surface area contributed by atoms with Crippen LogP contribution in [0.2, 0.25) is 0 Å². The van der Waals surface area contributed by atoms with Crippen molar-refractivity contribution < 1.29 is 22.1 Å². The second-order valence-electron chi connectivity index (χ2n) is 5.60. The van der Waals surface area contributed by atoms with Gasteiger partial charge in [0, 0.05) is 31.9 Å². The molecule has 0 fully saturated rings. The molecule has 0 spiro atoms. The molecule has 3 aromatic rings. The van der Waals surface area contributed by atoms with Crippen LogP contribution in [0.5, 0.6) is 0 Å². The van der Waals surface area contributed by atoms with Crippen molar-refractivity contribution in [3.63, 3.8) is 0 Å². The number of hydrogen-bond acceptors (Lipinski definition) is 3. The van der Waals surface area contributed by atoms with Gasteiger partial charge in [0.05, 0.1) is 0 Å². The van der Waals surface area contributed by atoms with E-state index in [1.807, 2.05) is 20.2 Å². The standard InChI is InChI=1S/C19H21N2OS.ClH/c1-20(2)16-10-7-15(8-11-16)9-12-19-21(13-14-22)17-5-3-4-6-18(17)23-19;/h3-12,22H,13-14H2,1-2H3;1H/q+1;/p-1. The van der Waals surface area contributed by atoms with Gasteiger partial charge in [-0.2, -0.15) is 4.57 Å². The van der Waals surface area contributed by atoms with Crippen LogP contribution >= 0.6 is 11.3 Å². The number of thiazole rings is 1. The van der Waals surface area contributed by atoms with E-state index in [9.17, 15) is 5.11 Å². The van der Waals surface area contributed by atoms with E-state index in [1.54, 1.807) is 11.3 Å². The molecule has 3 nitrogen and oxygen atoms in total. The highest BCUT2D eigenvalue weighted by molar-refractivity contribution is 7.18. The van der Waals surface area contributed by atoms with Gasteiger partial charge in [0.2, 0.25) is 5.52 Å². The van der Waals surface area contributed by atoms with E-state index in [-0.39, 0.29) is 19.0 Å². The molecule has 0 saturated carbocycles. The first-order chi connectivity index (χ1) is 11.2. The highest BCUT2D eigenvalue weighted by Gasteiger charge is 2.17. The topological polar surface area (TPSA) is 27.4 Å². The summed E-state index contributed by atoms with van der Waals surface area (Å²) in [5, 5.41) is 10.5. The lowest BCUT2D eigenvalue weighted by Gasteiger charge is -2.11. The summed E-state index contributed by atoms with van der Waals surface area (Å²) in [5.74, 6) is 0. The molecule has 0 aliphatic rings. The lowest BCUT2D eigenvalue weighted by atomic mass is 10.2. The molecule has 5 heteroatoms. The highest BCUT2D eigenvalue weighted by Crippen LogP contribution is 2.22. The average molecular weight is 361 g/mol. The molecule has 0 atom stereocenters. The number of aliphatic hydroxyl groups is 1. The normalized spacial score (nSPS) is 11.0. The van der Waals surface area contributed by atoms with Crippen LogP contribution in [-0.2, 0) is 6.54 Å². The first-order valence-corrected chi connectivity index (χ1v) is 8.48. The summed E-state index contributed by atoms with van der Waals surface area (Å²) < 4.78 is 3.41. The van der Waals surface area contributed by atoms with E-state index < -0.39 is 0 Å². The SMILES string of the molecule is CN(C)c1ccc(C=Cc2sc3ccccc3[n+]2CCO)cc1.[Cl-]. The minimum atomic E-state index is 0. The van der Waals surface area contributed by atoms with Crippen LogP contribution in [-0.4, -0.2) is 25.8 Å². The smallest absolute Gasteiger partial charge is 0.262 e. The third kappa shape index (κ3) is 3.96. The van der Waals surface area contributed by atoms with E-state index in [4.69, 9.17) is 0 Å². The molecule has 0 amide bonds. The van der Waals surface area contributed by atoms with Crippen molar-refractivity contribution in [2.45, 2.75) is 6.54 Å². The Balaban J connectivity index is 0.00000208. The lowest BCUT2D eigenvalue weighted by molar-refractivity contribution is -0.670. The summed E-state index contributed by atoms with van der Waals surface area (Å²) >= 11 is 1.75. The van der Waals surface area contributed by atoms with Crippen LogP contribution in [0.1, 0.15) is 10.6 Å². The fraction of sp³-hybridized carbons (Fsp3) is 0.211. The fourth-order valence-electron chi connectivity index (χ4n) is 2.56. The molecular weight excluding hydrogens is 340 g/mol. The number of anilines is 1. The number of nitrogens with zero attached hydrogens (tertiary/aromatic N) is 2. The minimum absolute atomic E-state index is 0. The zero-order chi connectivity index (χ0) is 16.2. The lowest BCUT2D eigenvalue weighted by Crippen LogP contribution is -3.00. The Morgan fingerprint density at radius 3 is 2.42 bits per heavy atom. The number of para-hydroxylation sites is 1. The summed E-state index contributed by atoms with van der Waals surface area (Å²) in [6, 6.07) is 16.8. The van der Waals surface area contributed by atoms with Crippen molar-refractivity contribution in [3.05, 3.63) is 59.1 Å². The van der Waals surface area contributed by atoms with Gasteiger partial charge in [0.25, 0.3) is 5.01 Å². The Hall–Kier alpha value is -1.88. The largest absolute Gasteiger partial charge is 1.00 e. The van der Waals surface area contributed by atoms with Crippen molar-refractivity contribution in [2.24, 2.45) is 0 Å². The minimum Gasteiger partial charge on any atom is -1.00 e. The van der Waals surface area contributed by atoms with Gasteiger partial charge in [0.15, 0.2) is 6.54 Å². The Morgan fingerprint density at radius 1 is 1.04 bits per heavy atom. The third-order valence-corrected chi connectivity index (χ3v) is 4.92. The quantitative estimate of drug-likeness (QED) is 0.668. The summed E-state index contributed by atoms with van der Waals surface area (Å²) in [6.07, 6.45) is 4.25. The van der Waals surface area contributed by atoms with Gasteiger partial charge in [-0.25, -0.2) is 0 Å². The Kier molecular flexibility index (Phi) is 6.37. The molecule has 0 saturated heterocycles. The van der Waals surface area contributed by atoms with E-state index in [0.717, 1.165) is 5.01 Å². The molecular formula is C19H21ClN2OS. The predicted molar refractivity (Wildman–Crippen MR) is 98.8 cm³/mol. The molecule has 0 aliphatic carbocycles. The van der Waals surface area contributed by atoms with E-state index >= 15 is 0 Å². The first-order valence-electron chi connectivity index (χ1n) is 7.67. The van der Waals surface area contributed by atoms with E-state index in [2.05, 4.69) is 64.1 Å². The highest BCUT2D eigenvalue weighted by atomic mass is 35.5. The van der Waals surface area contributed by atoms with Gasteiger partial charge in [-0.15, -0.1) is 0 Å². The number of aromatic nitrogens is 1. The van der Waals surface area contributed by atoms with Crippen molar-refractivity contribution in [2.75, 3.05) is 25.6 Å². The molecule has 3 rings (SSSR count). The van der Waals surface area contributed by atoms with Crippen LogP contribution in [0.4, 0.5) is 5.69 Å². The molecule has 126 valence electrons. The van der Waals surface area contributed by atoms with Gasteiger partial charge < -0.3 is 22.4 Å². The Morgan fingerprint density at radius 2 is 1.75 bits per heavy atom. The van der Waals surface area contributed by atoms with Crippen molar-refractivity contribution in [1.82, 2.24) is 0 Å². The number of aliphatic hydroxyl groups excluding tert-OH is 1. The zero-order valence-electron chi connectivity index (χ0n) is 13.8. The summed E-state index contributed by atoms with van der Waals surface area (Å²) in [4.78, 5) is 2.09. The Bertz CT molecular complexity index is 825. The molecule has 0 aliphatic heterocycles. The van der Waals surface area contributed by atoms with Gasteiger partial charge in [-0.05, 0) is 29.8 Å². The first kappa shape index (κ1) is 18.5. The number of benzene rings is 2. The maximum absolute atomic E-state index is 9.34. The molecule has 2 aromatic carbocycles. The maximum Gasteiger partial charge on any atom is 0.262 e. The van der Waals surface area contributed by atoms with Gasteiger partial charge in [-0.3, -0.25) is 0 Å². The monoisotopic (exact) mass is 360 g/mol. The number of halogens is 1. The van der Waals surface area contributed by atoms with Gasteiger partial charge >= 0.3 is 0 Å². The van der Waals surface area contributed by atoms with Crippen LogP contribution < -0.4 is 21.9 Å². The van der Waals surface area contributed by atoms with Gasteiger partial charge in [-0.1, -0.05) is 35.6 Å². The maximum atomic E-state index is 9.34. The van der Waals surface area contributed by atoms with Crippen LogP contribution in [0, 0.1) is 0 Å². The second-order valence-corrected chi connectivity index (χ2v) is 6.66. The molecule has 1 aromatic heterocycles. The fourth-order valence-corrected chi connectivity index (χ4v) is 3.65. The molecule has 24 heavy (non-hydrogen) atoms. The van der Waals surface area contributed by atoms with Crippen molar-refractivity contribution in [3.8, 4) is 0 Å². The second kappa shape index (κ2) is 8.29. The summed E-state index contributed by atoms with van der Waals surface area (Å²) in [6.45, 7) is 0.757. The number of hydrogen-bond donors (Lipinski definition) is 1. The van der Waals surface area contributed by atoms with Crippen LogP contribution in [0.15, 0.2) is 48.5 Å². The zero-order valence-corrected chi connectivity index (χ0v) is 15.4. The van der Waals surface area contributed by atoms with Crippen molar-refractivity contribution >= 4 is 39.4 Å². The number of rotatable bonds is 5. The molecule has 1 N–H and O–H groups in total. The third-order valence-electron chi connectivity index (χ3n) is 3.79. The van der Waals surface area contributed by atoms with Gasteiger partial charge in [0.1, 0.15) is 11.3 Å². The molecule has 0 unspecified atom stereocenters. The van der Waals surface area contributed by atoms with Crippen LogP contribution in [0.25, 0.3) is 22.4 Å². The molecule has 1 heterocycles. The van der Waals surface area contributed by atoms with Crippen molar-refractivity contribution in [1.29, 1.82) is 0 Å². The van der Waals surface area contributed by atoms with Crippen LogP contribution in [0.3, 0.4) is 0 Å². The van der Waals surface area contributed by atoms with E-state index in [0.29, 0.717) is 6.54 Å². The molecule has 0 radical (unpaired) electrons. The number of fused-ring (bicyclic) bond motifs is 1. The Labute approximate surface area is 152 Å². The summed E-state index contributed by atoms with van der Waals surface area (Å²) in [7, 11) is 4.08.